The van der Waals surface area contributed by atoms with E-state index in [-0.39, 0.29) is 0 Å². The number of carbonyl (C=O) groups excluding carboxylic acids is 1. The molecule has 0 saturated carbocycles. The zero-order chi connectivity index (χ0) is 10.6. The third-order valence-electron chi connectivity index (χ3n) is 1.49. The van der Waals surface area contributed by atoms with E-state index in [1.165, 1.54) is 0 Å². The molecule has 1 aromatic heterocycles. The molecular weight excluding hydrogens is 184 g/mol. The maximum Gasteiger partial charge on any atom is 0.219 e. The number of hydrogen-bond acceptors (Lipinski definition) is 7. The summed E-state index contributed by atoms with van der Waals surface area (Å²) in [6.07, 6.45) is 3.97. The van der Waals surface area contributed by atoms with Gasteiger partial charge >= 0.3 is 0 Å². The minimum absolute atomic E-state index is 0.667. The molecule has 1 fully saturated rings. The first kappa shape index (κ1) is 10.7. The van der Waals surface area contributed by atoms with Crippen LogP contribution in [0.3, 0.4) is 0 Å². The van der Waals surface area contributed by atoms with Gasteiger partial charge in [-0.25, -0.2) is 0 Å². The van der Waals surface area contributed by atoms with Crippen LogP contribution in [-0.4, -0.2) is 22.3 Å². The van der Waals surface area contributed by atoms with Crippen molar-refractivity contribution in [3.63, 3.8) is 0 Å². The summed E-state index contributed by atoms with van der Waals surface area (Å²) in [5.41, 5.74) is 13.3. The smallest absolute Gasteiger partial charge is 0.219 e. The highest BCUT2D eigenvalue weighted by atomic mass is 16.1. The van der Waals surface area contributed by atoms with Gasteiger partial charge in [-0.05, 0) is 12.1 Å². The number of hydrogen-bond donors (Lipinski definition) is 4. The van der Waals surface area contributed by atoms with Gasteiger partial charge in [-0.15, -0.1) is 5.12 Å². The molecule has 7 N–H and O–H groups in total. The molecule has 0 radical (unpaired) electrons. The van der Waals surface area contributed by atoms with Crippen molar-refractivity contribution in [3.05, 3.63) is 30.1 Å². The van der Waals surface area contributed by atoms with Gasteiger partial charge in [0.1, 0.15) is 6.29 Å². The molecule has 7 nitrogen and oxygen atoms in total. The Labute approximate surface area is 80.8 Å². The summed E-state index contributed by atoms with van der Waals surface area (Å²) in [6, 6.07) is 3.32. The second kappa shape index (κ2) is 4.22. The highest BCUT2D eigenvalue weighted by Crippen LogP contribution is 2.00. The summed E-state index contributed by atoms with van der Waals surface area (Å²) in [5.74, 6) is 4.04. The zero-order valence-electron chi connectivity index (χ0n) is 7.42. The Bertz CT molecular complexity index is 300. The average Bonchev–Trinajstić information content (AvgIpc) is 2.74. The lowest BCUT2D eigenvalue weighted by molar-refractivity contribution is 0.112. The third-order valence-corrected chi connectivity index (χ3v) is 1.49. The molecule has 1 aromatic rings. The quantitative estimate of drug-likeness (QED) is 0.178. The van der Waals surface area contributed by atoms with E-state index in [0.717, 1.165) is 11.4 Å². The van der Waals surface area contributed by atoms with E-state index < -0.39 is 5.91 Å². The van der Waals surface area contributed by atoms with Gasteiger partial charge in [0, 0.05) is 18.0 Å². The number of hydrazine groups is 2. The average molecular weight is 196 g/mol. The van der Waals surface area contributed by atoms with Crippen LogP contribution in [-0.2, 0) is 0 Å². The van der Waals surface area contributed by atoms with Gasteiger partial charge in [-0.2, -0.15) is 5.43 Å². The lowest BCUT2D eigenvalue weighted by Gasteiger charge is -1.90. The highest BCUT2D eigenvalue weighted by molar-refractivity contribution is 5.73. The number of aldehydes is 1. The van der Waals surface area contributed by atoms with Crippen molar-refractivity contribution < 1.29 is 4.79 Å². The van der Waals surface area contributed by atoms with Gasteiger partial charge < -0.3 is 0 Å². The third kappa shape index (κ3) is 3.17. The molecule has 1 atom stereocenters. The van der Waals surface area contributed by atoms with Crippen molar-refractivity contribution in [2.45, 2.75) is 5.91 Å². The molecule has 76 valence electrons. The van der Waals surface area contributed by atoms with E-state index >= 15 is 0 Å². The largest absolute Gasteiger partial charge is 0.298 e. The van der Waals surface area contributed by atoms with Crippen LogP contribution < -0.4 is 22.7 Å². The maximum atomic E-state index is 9.98. The molecule has 1 saturated heterocycles. The summed E-state index contributed by atoms with van der Waals surface area (Å²) in [6.45, 7) is 0. The molecule has 0 aromatic carbocycles. The molecule has 0 aliphatic carbocycles. The van der Waals surface area contributed by atoms with E-state index in [1.54, 1.807) is 24.5 Å². The van der Waals surface area contributed by atoms with Crippen LogP contribution in [0.15, 0.2) is 24.5 Å². The fraction of sp³-hybridized carbons (Fsp3) is 0.143. The SMILES string of the molecule is NN1NC1(N)N.O=Cc1ccncc1. The Kier molecular flexibility index (Phi) is 3.23. The van der Waals surface area contributed by atoms with Gasteiger partial charge in [0.2, 0.25) is 5.91 Å². The first-order chi connectivity index (χ1) is 6.56. The van der Waals surface area contributed by atoms with Gasteiger partial charge in [0.05, 0.1) is 0 Å². The van der Waals surface area contributed by atoms with E-state index in [1.807, 2.05) is 0 Å². The molecule has 2 heterocycles. The number of aromatic nitrogens is 1. The van der Waals surface area contributed by atoms with Crippen LogP contribution in [0.1, 0.15) is 10.4 Å². The van der Waals surface area contributed by atoms with Crippen LogP contribution in [0.5, 0.6) is 0 Å². The Morgan fingerprint density at radius 2 is 1.86 bits per heavy atom. The number of carbonyl (C=O) groups is 1. The van der Waals surface area contributed by atoms with E-state index in [0.29, 0.717) is 5.56 Å². The highest BCUT2D eigenvalue weighted by Gasteiger charge is 2.42. The van der Waals surface area contributed by atoms with Crippen molar-refractivity contribution in [2.24, 2.45) is 17.3 Å². The first-order valence-corrected chi connectivity index (χ1v) is 3.82. The Hall–Kier alpha value is -1.38. The lowest BCUT2D eigenvalue weighted by atomic mass is 10.3. The minimum Gasteiger partial charge on any atom is -0.298 e. The van der Waals surface area contributed by atoms with Gasteiger partial charge in [0.25, 0.3) is 0 Å². The summed E-state index contributed by atoms with van der Waals surface area (Å²) in [5, 5.41) is 1.12. The second-order valence-corrected chi connectivity index (χ2v) is 2.71. The molecular formula is C7H12N6O. The predicted molar refractivity (Wildman–Crippen MR) is 49.9 cm³/mol. The Morgan fingerprint density at radius 3 is 2.07 bits per heavy atom. The zero-order valence-corrected chi connectivity index (χ0v) is 7.42. The second-order valence-electron chi connectivity index (χ2n) is 2.71. The number of nitrogens with zero attached hydrogens (tertiary/aromatic N) is 2. The van der Waals surface area contributed by atoms with Crippen LogP contribution in [0.2, 0.25) is 0 Å². The van der Waals surface area contributed by atoms with Crippen LogP contribution in [0.4, 0.5) is 0 Å². The summed E-state index contributed by atoms with van der Waals surface area (Å²) >= 11 is 0. The first-order valence-electron chi connectivity index (χ1n) is 3.82. The number of nitrogens with one attached hydrogen (secondary N) is 1. The van der Waals surface area contributed by atoms with Crippen molar-refractivity contribution in [1.82, 2.24) is 15.5 Å². The molecule has 7 heteroatoms. The number of rotatable bonds is 1. The van der Waals surface area contributed by atoms with Gasteiger partial charge in [-0.3, -0.25) is 27.1 Å². The van der Waals surface area contributed by atoms with Crippen molar-refractivity contribution in [2.75, 3.05) is 0 Å². The van der Waals surface area contributed by atoms with Crippen LogP contribution in [0.25, 0.3) is 0 Å². The summed E-state index contributed by atoms with van der Waals surface area (Å²) in [7, 11) is 0. The summed E-state index contributed by atoms with van der Waals surface area (Å²) in [4.78, 5) is 13.7. The Morgan fingerprint density at radius 1 is 1.43 bits per heavy atom. The van der Waals surface area contributed by atoms with Crippen LogP contribution >= 0.6 is 0 Å². The molecule has 0 bridgehead atoms. The Balaban J connectivity index is 0.000000146. The summed E-state index contributed by atoms with van der Waals surface area (Å²) < 4.78 is 0. The standard InChI is InChI=1S/C6H5NO.CH7N5/c8-5-6-1-3-7-4-2-6;2-1(3)5-6(1)4/h1-5H;5H,2-4H2. The fourth-order valence-electron chi connectivity index (χ4n) is 0.610. The van der Waals surface area contributed by atoms with E-state index in [2.05, 4.69) is 10.4 Å². The normalized spacial score (nSPS) is 21.8. The number of pyridine rings is 1. The minimum atomic E-state index is -0.931. The van der Waals surface area contributed by atoms with Crippen molar-refractivity contribution in [3.8, 4) is 0 Å². The molecule has 1 unspecified atom stereocenters. The molecule has 0 spiro atoms. The van der Waals surface area contributed by atoms with Gasteiger partial charge in [-0.1, -0.05) is 0 Å². The van der Waals surface area contributed by atoms with Crippen molar-refractivity contribution >= 4 is 6.29 Å². The molecule has 14 heavy (non-hydrogen) atoms. The van der Waals surface area contributed by atoms with Crippen LogP contribution in [0, 0.1) is 0 Å². The molecule has 2 rings (SSSR count). The molecule has 1 aliphatic rings. The topological polar surface area (TPSA) is 133 Å². The van der Waals surface area contributed by atoms with E-state index in [4.69, 9.17) is 17.3 Å². The molecule has 1 aliphatic heterocycles. The lowest BCUT2D eigenvalue weighted by Crippen LogP contribution is -2.42. The van der Waals surface area contributed by atoms with Crippen molar-refractivity contribution in [1.29, 1.82) is 0 Å². The molecule has 0 amide bonds. The van der Waals surface area contributed by atoms with E-state index in [9.17, 15) is 4.79 Å². The monoisotopic (exact) mass is 196 g/mol. The maximum absolute atomic E-state index is 9.98. The van der Waals surface area contributed by atoms with Gasteiger partial charge in [0.15, 0.2) is 0 Å². The predicted octanol–water partition coefficient (Wildman–Crippen LogP) is -1.90. The number of nitrogens with two attached hydrogens (primary N) is 3. The fourth-order valence-corrected chi connectivity index (χ4v) is 0.610.